The van der Waals surface area contributed by atoms with Gasteiger partial charge in [0.1, 0.15) is 5.75 Å². The highest BCUT2D eigenvalue weighted by atomic mass is 16.5. The van der Waals surface area contributed by atoms with Gasteiger partial charge in [0.2, 0.25) is 0 Å². The lowest BCUT2D eigenvalue weighted by atomic mass is 10.1. The van der Waals surface area contributed by atoms with Gasteiger partial charge < -0.3 is 14.6 Å². The standard InChI is InChI=1S/C18H24N2O/c1-14(2)19-13-17-4-3-9-20(17)10-7-15-5-6-18-16(12-15)8-11-21-18/h3-6,9,12,14,19H,7-8,10-11,13H2,1-2H3. The van der Waals surface area contributed by atoms with Crippen molar-refractivity contribution in [3.05, 3.63) is 53.3 Å². The molecule has 3 rings (SSSR count). The largest absolute Gasteiger partial charge is 0.493 e. The highest BCUT2D eigenvalue weighted by Crippen LogP contribution is 2.26. The maximum absolute atomic E-state index is 5.56. The second-order valence-corrected chi connectivity index (χ2v) is 6.02. The van der Waals surface area contributed by atoms with Crippen molar-refractivity contribution in [1.82, 2.24) is 9.88 Å². The first kappa shape index (κ1) is 14.2. The molecule has 0 saturated heterocycles. The van der Waals surface area contributed by atoms with Crippen LogP contribution in [0.5, 0.6) is 5.75 Å². The Labute approximate surface area is 126 Å². The summed E-state index contributed by atoms with van der Waals surface area (Å²) in [5.41, 5.74) is 4.12. The molecule has 21 heavy (non-hydrogen) atoms. The van der Waals surface area contributed by atoms with Gasteiger partial charge in [0.25, 0.3) is 0 Å². The molecule has 0 saturated carbocycles. The van der Waals surface area contributed by atoms with Gasteiger partial charge in [-0.05, 0) is 35.7 Å². The van der Waals surface area contributed by atoms with Crippen LogP contribution >= 0.6 is 0 Å². The zero-order valence-corrected chi connectivity index (χ0v) is 12.9. The Bertz CT molecular complexity index is 601. The fourth-order valence-electron chi connectivity index (χ4n) is 2.78. The Morgan fingerprint density at radius 1 is 1.29 bits per heavy atom. The number of benzene rings is 1. The average Bonchev–Trinajstić information content (AvgIpc) is 3.11. The molecular formula is C18H24N2O. The van der Waals surface area contributed by atoms with Crippen LogP contribution in [-0.4, -0.2) is 17.2 Å². The van der Waals surface area contributed by atoms with E-state index in [-0.39, 0.29) is 0 Å². The van der Waals surface area contributed by atoms with Crippen LogP contribution in [0.1, 0.15) is 30.7 Å². The number of hydrogen-bond acceptors (Lipinski definition) is 2. The zero-order valence-electron chi connectivity index (χ0n) is 12.9. The smallest absolute Gasteiger partial charge is 0.122 e. The molecule has 2 aromatic rings. The third-order valence-electron chi connectivity index (χ3n) is 4.01. The minimum atomic E-state index is 0.519. The van der Waals surface area contributed by atoms with Gasteiger partial charge in [-0.15, -0.1) is 0 Å². The van der Waals surface area contributed by atoms with E-state index in [1.165, 1.54) is 16.8 Å². The van der Waals surface area contributed by atoms with Crippen molar-refractivity contribution in [2.45, 2.75) is 45.8 Å². The van der Waals surface area contributed by atoms with Gasteiger partial charge in [0.15, 0.2) is 0 Å². The summed E-state index contributed by atoms with van der Waals surface area (Å²) in [6.45, 7) is 7.16. The summed E-state index contributed by atoms with van der Waals surface area (Å²) in [4.78, 5) is 0. The molecule has 0 amide bonds. The summed E-state index contributed by atoms with van der Waals surface area (Å²) < 4.78 is 7.91. The number of aryl methyl sites for hydroxylation is 2. The number of nitrogens with one attached hydrogen (secondary N) is 1. The number of fused-ring (bicyclic) bond motifs is 1. The summed E-state index contributed by atoms with van der Waals surface area (Å²) >= 11 is 0. The van der Waals surface area contributed by atoms with E-state index in [1.807, 2.05) is 0 Å². The van der Waals surface area contributed by atoms with Crippen molar-refractivity contribution < 1.29 is 4.74 Å². The van der Waals surface area contributed by atoms with Crippen molar-refractivity contribution in [3.63, 3.8) is 0 Å². The molecule has 3 nitrogen and oxygen atoms in total. The van der Waals surface area contributed by atoms with E-state index in [4.69, 9.17) is 4.74 Å². The predicted molar refractivity (Wildman–Crippen MR) is 85.8 cm³/mol. The van der Waals surface area contributed by atoms with Crippen LogP contribution in [0.25, 0.3) is 0 Å². The lowest BCUT2D eigenvalue weighted by Gasteiger charge is -2.12. The lowest BCUT2D eigenvalue weighted by Crippen LogP contribution is -2.23. The Balaban J connectivity index is 1.61. The zero-order chi connectivity index (χ0) is 14.7. The highest BCUT2D eigenvalue weighted by molar-refractivity contribution is 5.39. The second kappa shape index (κ2) is 6.35. The van der Waals surface area contributed by atoms with Crippen LogP contribution in [0.2, 0.25) is 0 Å². The maximum Gasteiger partial charge on any atom is 0.122 e. The SMILES string of the molecule is CC(C)NCc1cccn1CCc1ccc2c(c1)CCO2. The van der Waals surface area contributed by atoms with Gasteiger partial charge in [-0.3, -0.25) is 0 Å². The monoisotopic (exact) mass is 284 g/mol. The normalized spacial score (nSPS) is 13.5. The van der Waals surface area contributed by atoms with E-state index in [9.17, 15) is 0 Å². The molecule has 0 spiro atoms. The first-order valence-corrected chi connectivity index (χ1v) is 7.84. The Hall–Kier alpha value is -1.74. The molecule has 0 unspecified atom stereocenters. The Morgan fingerprint density at radius 3 is 3.05 bits per heavy atom. The summed E-state index contributed by atoms with van der Waals surface area (Å²) in [6.07, 6.45) is 4.29. The van der Waals surface area contributed by atoms with Crippen LogP contribution in [-0.2, 0) is 25.9 Å². The van der Waals surface area contributed by atoms with Crippen LogP contribution in [0.15, 0.2) is 36.5 Å². The van der Waals surface area contributed by atoms with E-state index in [0.29, 0.717) is 6.04 Å². The molecule has 0 atom stereocenters. The van der Waals surface area contributed by atoms with Crippen molar-refractivity contribution in [1.29, 1.82) is 0 Å². The van der Waals surface area contributed by atoms with Crippen LogP contribution in [0, 0.1) is 0 Å². The van der Waals surface area contributed by atoms with Crippen molar-refractivity contribution in [3.8, 4) is 5.75 Å². The van der Waals surface area contributed by atoms with Crippen molar-refractivity contribution >= 4 is 0 Å². The fourth-order valence-corrected chi connectivity index (χ4v) is 2.78. The van der Waals surface area contributed by atoms with E-state index in [2.05, 4.69) is 60.3 Å². The molecule has 0 fully saturated rings. The van der Waals surface area contributed by atoms with Crippen LogP contribution in [0.3, 0.4) is 0 Å². The number of aromatic nitrogens is 1. The molecular weight excluding hydrogens is 260 g/mol. The minimum Gasteiger partial charge on any atom is -0.493 e. The van der Waals surface area contributed by atoms with Gasteiger partial charge in [-0.25, -0.2) is 0 Å². The molecule has 3 heteroatoms. The predicted octanol–water partition coefficient (Wildman–Crippen LogP) is 3.16. The molecule has 112 valence electrons. The molecule has 1 aromatic carbocycles. The second-order valence-electron chi connectivity index (χ2n) is 6.02. The van der Waals surface area contributed by atoms with Gasteiger partial charge in [0, 0.05) is 37.4 Å². The summed E-state index contributed by atoms with van der Waals surface area (Å²) in [6, 6.07) is 11.5. The molecule has 1 aromatic heterocycles. The van der Waals surface area contributed by atoms with Crippen LogP contribution < -0.4 is 10.1 Å². The molecule has 1 N–H and O–H groups in total. The van der Waals surface area contributed by atoms with E-state index in [1.54, 1.807) is 0 Å². The molecule has 1 aliphatic heterocycles. The Morgan fingerprint density at radius 2 is 2.19 bits per heavy atom. The number of ether oxygens (including phenoxy) is 1. The third kappa shape index (κ3) is 3.48. The average molecular weight is 284 g/mol. The van der Waals surface area contributed by atoms with Crippen molar-refractivity contribution in [2.24, 2.45) is 0 Å². The van der Waals surface area contributed by atoms with Crippen LogP contribution in [0.4, 0.5) is 0 Å². The quantitative estimate of drug-likeness (QED) is 0.882. The van der Waals surface area contributed by atoms with E-state index < -0.39 is 0 Å². The highest BCUT2D eigenvalue weighted by Gasteiger charge is 2.12. The number of nitrogens with zero attached hydrogens (tertiary/aromatic N) is 1. The number of hydrogen-bond donors (Lipinski definition) is 1. The Kier molecular flexibility index (Phi) is 4.30. The van der Waals surface area contributed by atoms with Gasteiger partial charge in [-0.2, -0.15) is 0 Å². The summed E-state index contributed by atoms with van der Waals surface area (Å²) in [5.74, 6) is 1.07. The van der Waals surface area contributed by atoms with E-state index in [0.717, 1.165) is 38.3 Å². The molecule has 0 bridgehead atoms. The van der Waals surface area contributed by atoms with Crippen molar-refractivity contribution in [2.75, 3.05) is 6.61 Å². The first-order chi connectivity index (χ1) is 10.2. The third-order valence-corrected chi connectivity index (χ3v) is 4.01. The molecule has 0 radical (unpaired) electrons. The minimum absolute atomic E-state index is 0.519. The van der Waals surface area contributed by atoms with E-state index >= 15 is 0 Å². The molecule has 2 heterocycles. The first-order valence-electron chi connectivity index (χ1n) is 7.84. The van der Waals surface area contributed by atoms with Gasteiger partial charge >= 0.3 is 0 Å². The van der Waals surface area contributed by atoms with Gasteiger partial charge in [0.05, 0.1) is 6.61 Å². The fraction of sp³-hybridized carbons (Fsp3) is 0.444. The van der Waals surface area contributed by atoms with Gasteiger partial charge in [-0.1, -0.05) is 26.0 Å². The summed E-state index contributed by atoms with van der Waals surface area (Å²) in [5, 5.41) is 3.48. The number of rotatable bonds is 6. The molecule has 0 aliphatic carbocycles. The maximum atomic E-state index is 5.56. The topological polar surface area (TPSA) is 26.2 Å². The summed E-state index contributed by atoms with van der Waals surface area (Å²) in [7, 11) is 0. The lowest BCUT2D eigenvalue weighted by molar-refractivity contribution is 0.357. The molecule has 1 aliphatic rings.